The number of methoxy groups -OCH3 is 1. The normalized spacial score (nSPS) is 13.0. The highest BCUT2D eigenvalue weighted by Crippen LogP contribution is 2.38. The summed E-state index contributed by atoms with van der Waals surface area (Å²) in [6, 6.07) is 9.36. The molecule has 7 heteroatoms. The Morgan fingerprint density at radius 2 is 2.07 bits per heavy atom. The standard InChI is InChI=1S/C22H21N3O3S/c1-3-28-18-9-8-14(11-19(18)27-2)10-15(12-23)21(26)25-22-17(13-24)16-6-4-5-7-20(16)29-22/h8-11H,3-7H2,1-2H3,(H,25,26)/b15-10-. The van der Waals surface area contributed by atoms with Gasteiger partial charge in [0.15, 0.2) is 11.5 Å². The summed E-state index contributed by atoms with van der Waals surface area (Å²) in [5.74, 6) is 0.587. The van der Waals surface area contributed by atoms with Crippen LogP contribution < -0.4 is 14.8 Å². The maximum Gasteiger partial charge on any atom is 0.266 e. The van der Waals surface area contributed by atoms with Crippen molar-refractivity contribution in [3.63, 3.8) is 0 Å². The third-order valence-corrected chi connectivity index (χ3v) is 5.88. The van der Waals surface area contributed by atoms with Crippen molar-refractivity contribution in [2.75, 3.05) is 19.0 Å². The van der Waals surface area contributed by atoms with Crippen molar-refractivity contribution in [3.8, 4) is 23.6 Å². The number of thiophene rings is 1. The molecule has 1 aromatic heterocycles. The van der Waals surface area contributed by atoms with Crippen LogP contribution in [0.5, 0.6) is 11.5 Å². The number of anilines is 1. The Balaban J connectivity index is 1.86. The number of carbonyl (C=O) groups excluding carboxylic acids is 1. The molecule has 6 nitrogen and oxygen atoms in total. The Morgan fingerprint density at radius 1 is 1.28 bits per heavy atom. The molecule has 0 saturated carbocycles. The van der Waals surface area contributed by atoms with Gasteiger partial charge in [0.1, 0.15) is 22.7 Å². The number of aryl methyl sites for hydroxylation is 1. The van der Waals surface area contributed by atoms with E-state index in [2.05, 4.69) is 11.4 Å². The van der Waals surface area contributed by atoms with Gasteiger partial charge in [0, 0.05) is 4.88 Å². The van der Waals surface area contributed by atoms with Gasteiger partial charge in [0.25, 0.3) is 5.91 Å². The van der Waals surface area contributed by atoms with Gasteiger partial charge in [-0.25, -0.2) is 0 Å². The topological polar surface area (TPSA) is 95.1 Å². The molecule has 1 aliphatic carbocycles. The lowest BCUT2D eigenvalue weighted by molar-refractivity contribution is -0.112. The van der Waals surface area contributed by atoms with Crippen LogP contribution in [0, 0.1) is 22.7 Å². The molecular formula is C22H21N3O3S. The van der Waals surface area contributed by atoms with E-state index in [-0.39, 0.29) is 5.57 Å². The van der Waals surface area contributed by atoms with E-state index in [9.17, 15) is 15.3 Å². The SMILES string of the molecule is CCOc1ccc(/C=C(/C#N)C(=O)Nc2sc3c(c2C#N)CCCC3)cc1OC. The first-order valence-electron chi connectivity index (χ1n) is 9.39. The third kappa shape index (κ3) is 4.42. The Hall–Kier alpha value is -3.29. The van der Waals surface area contributed by atoms with Crippen LogP contribution in [0.2, 0.25) is 0 Å². The lowest BCUT2D eigenvalue weighted by Crippen LogP contribution is -2.13. The number of rotatable bonds is 6. The molecule has 0 aliphatic heterocycles. The summed E-state index contributed by atoms with van der Waals surface area (Å²) in [6.07, 6.45) is 5.42. The molecule has 0 saturated heterocycles. The summed E-state index contributed by atoms with van der Waals surface area (Å²) in [7, 11) is 1.53. The smallest absolute Gasteiger partial charge is 0.266 e. The summed E-state index contributed by atoms with van der Waals surface area (Å²) in [4.78, 5) is 13.8. The lowest BCUT2D eigenvalue weighted by Gasteiger charge is -2.10. The van der Waals surface area contributed by atoms with Gasteiger partial charge in [-0.1, -0.05) is 6.07 Å². The van der Waals surface area contributed by atoms with Crippen LogP contribution in [0.25, 0.3) is 6.08 Å². The number of hydrogen-bond acceptors (Lipinski definition) is 6. The maximum absolute atomic E-state index is 12.7. The number of nitriles is 2. The van der Waals surface area contributed by atoms with Crippen LogP contribution >= 0.6 is 11.3 Å². The zero-order chi connectivity index (χ0) is 20.8. The van der Waals surface area contributed by atoms with E-state index >= 15 is 0 Å². The van der Waals surface area contributed by atoms with E-state index in [1.807, 2.05) is 13.0 Å². The van der Waals surface area contributed by atoms with Crippen molar-refractivity contribution in [3.05, 3.63) is 45.3 Å². The fourth-order valence-corrected chi connectivity index (χ4v) is 4.54. The summed E-state index contributed by atoms with van der Waals surface area (Å²) < 4.78 is 10.8. The van der Waals surface area contributed by atoms with Crippen LogP contribution in [0.15, 0.2) is 23.8 Å². The zero-order valence-corrected chi connectivity index (χ0v) is 17.2. The molecule has 1 aromatic carbocycles. The lowest BCUT2D eigenvalue weighted by atomic mass is 9.96. The molecule has 1 amide bonds. The highest BCUT2D eigenvalue weighted by atomic mass is 32.1. The number of amides is 1. The molecule has 148 valence electrons. The van der Waals surface area contributed by atoms with E-state index in [1.165, 1.54) is 24.5 Å². The second kappa shape index (κ2) is 9.27. The van der Waals surface area contributed by atoms with E-state index in [0.29, 0.717) is 34.2 Å². The molecule has 1 aliphatic rings. The highest BCUT2D eigenvalue weighted by molar-refractivity contribution is 7.16. The van der Waals surface area contributed by atoms with Crippen molar-refractivity contribution in [1.82, 2.24) is 0 Å². The Kier molecular flexibility index (Phi) is 6.54. The van der Waals surface area contributed by atoms with Crippen molar-refractivity contribution < 1.29 is 14.3 Å². The van der Waals surface area contributed by atoms with Crippen molar-refractivity contribution >= 4 is 28.3 Å². The van der Waals surface area contributed by atoms with Crippen LogP contribution in [0.1, 0.15) is 41.3 Å². The number of nitrogens with one attached hydrogen (secondary N) is 1. The predicted molar refractivity (Wildman–Crippen MR) is 112 cm³/mol. The van der Waals surface area contributed by atoms with E-state index in [4.69, 9.17) is 9.47 Å². The van der Waals surface area contributed by atoms with Gasteiger partial charge in [0.05, 0.1) is 19.3 Å². The molecule has 0 unspecified atom stereocenters. The second-order valence-corrected chi connectivity index (χ2v) is 7.60. The molecule has 1 heterocycles. The van der Waals surface area contributed by atoms with E-state index in [1.54, 1.807) is 18.2 Å². The Bertz CT molecular complexity index is 1040. The Morgan fingerprint density at radius 3 is 2.76 bits per heavy atom. The van der Waals surface area contributed by atoms with Gasteiger partial charge in [-0.15, -0.1) is 11.3 Å². The van der Waals surface area contributed by atoms with Gasteiger partial charge < -0.3 is 14.8 Å². The largest absolute Gasteiger partial charge is 0.493 e. The third-order valence-electron chi connectivity index (χ3n) is 4.67. The van der Waals surface area contributed by atoms with Crippen LogP contribution in [0.4, 0.5) is 5.00 Å². The fraction of sp³-hybridized carbons (Fsp3) is 0.318. The number of ether oxygens (including phenoxy) is 2. The quantitative estimate of drug-likeness (QED) is 0.564. The average molecular weight is 407 g/mol. The molecule has 0 fully saturated rings. The molecule has 2 aromatic rings. The number of hydrogen-bond donors (Lipinski definition) is 1. The van der Waals surface area contributed by atoms with Crippen LogP contribution in [-0.4, -0.2) is 19.6 Å². The molecule has 0 spiro atoms. The Labute approximate surface area is 174 Å². The van der Waals surface area contributed by atoms with Gasteiger partial charge in [0.2, 0.25) is 0 Å². The number of carbonyl (C=O) groups is 1. The molecule has 0 radical (unpaired) electrons. The summed E-state index contributed by atoms with van der Waals surface area (Å²) in [5, 5.41) is 22.3. The first-order valence-corrected chi connectivity index (χ1v) is 10.2. The number of fused-ring (bicyclic) bond motifs is 1. The van der Waals surface area contributed by atoms with Gasteiger partial charge in [-0.2, -0.15) is 10.5 Å². The zero-order valence-electron chi connectivity index (χ0n) is 16.4. The molecule has 3 rings (SSSR count). The summed E-state index contributed by atoms with van der Waals surface area (Å²) in [6.45, 7) is 2.38. The van der Waals surface area contributed by atoms with Gasteiger partial charge in [-0.3, -0.25) is 4.79 Å². The van der Waals surface area contributed by atoms with Crippen molar-refractivity contribution in [1.29, 1.82) is 10.5 Å². The molecule has 0 bridgehead atoms. The van der Waals surface area contributed by atoms with Crippen LogP contribution in [-0.2, 0) is 17.6 Å². The van der Waals surface area contributed by atoms with Crippen LogP contribution in [0.3, 0.4) is 0 Å². The highest BCUT2D eigenvalue weighted by Gasteiger charge is 2.22. The minimum absolute atomic E-state index is 0.0496. The number of benzene rings is 1. The summed E-state index contributed by atoms with van der Waals surface area (Å²) >= 11 is 1.43. The summed E-state index contributed by atoms with van der Waals surface area (Å²) in [5.41, 5.74) is 2.16. The molecular weight excluding hydrogens is 386 g/mol. The monoisotopic (exact) mass is 407 g/mol. The second-order valence-electron chi connectivity index (χ2n) is 6.49. The first kappa shape index (κ1) is 20.4. The fourth-order valence-electron chi connectivity index (χ4n) is 3.31. The molecule has 1 N–H and O–H groups in total. The van der Waals surface area contributed by atoms with Gasteiger partial charge in [-0.05, 0) is 61.9 Å². The predicted octanol–water partition coefficient (Wildman–Crippen LogP) is 4.45. The van der Waals surface area contributed by atoms with E-state index < -0.39 is 5.91 Å². The van der Waals surface area contributed by atoms with Gasteiger partial charge >= 0.3 is 0 Å². The first-order chi connectivity index (χ1) is 14.1. The van der Waals surface area contributed by atoms with Crippen molar-refractivity contribution in [2.24, 2.45) is 0 Å². The maximum atomic E-state index is 12.7. The minimum Gasteiger partial charge on any atom is -0.493 e. The van der Waals surface area contributed by atoms with E-state index in [0.717, 1.165) is 36.1 Å². The molecule has 0 atom stereocenters. The minimum atomic E-state index is -0.532. The van der Waals surface area contributed by atoms with Crippen molar-refractivity contribution in [2.45, 2.75) is 32.6 Å². The molecule has 29 heavy (non-hydrogen) atoms. The number of nitrogens with zero attached hydrogens (tertiary/aromatic N) is 2. The average Bonchev–Trinajstić information content (AvgIpc) is 3.09.